The molecule has 30 heavy (non-hydrogen) atoms. The van der Waals surface area contributed by atoms with Crippen molar-refractivity contribution in [2.75, 3.05) is 24.5 Å². The normalized spacial score (nSPS) is 20.8. The van der Waals surface area contributed by atoms with Crippen molar-refractivity contribution in [1.29, 1.82) is 0 Å². The van der Waals surface area contributed by atoms with Crippen LogP contribution in [0, 0.1) is 0 Å². The molecule has 0 saturated carbocycles. The molecule has 2 nitrogen and oxygen atoms in total. The lowest BCUT2D eigenvalue weighted by molar-refractivity contribution is 0.195. The molecule has 0 aromatic heterocycles. The molecule has 0 spiro atoms. The van der Waals surface area contributed by atoms with Crippen LogP contribution in [0.2, 0.25) is 10.0 Å². The molecule has 2 aliphatic heterocycles. The lowest BCUT2D eigenvalue weighted by atomic mass is 9.89. The zero-order valence-corrected chi connectivity index (χ0v) is 18.5. The van der Waals surface area contributed by atoms with Crippen molar-refractivity contribution >= 4 is 34.6 Å². The van der Waals surface area contributed by atoms with Crippen molar-refractivity contribution in [1.82, 2.24) is 4.90 Å². The molecule has 0 unspecified atom stereocenters. The Morgan fingerprint density at radius 3 is 2.43 bits per heavy atom. The molecule has 4 heteroatoms. The minimum atomic E-state index is 0.477. The molecule has 0 N–H and O–H groups in total. The molecule has 2 heterocycles. The fourth-order valence-corrected chi connectivity index (χ4v) is 5.44. The number of benzene rings is 3. The molecule has 0 aliphatic carbocycles. The third kappa shape index (κ3) is 3.97. The summed E-state index contributed by atoms with van der Waals surface area (Å²) in [5.41, 5.74) is 5.32. The van der Waals surface area contributed by atoms with Crippen molar-refractivity contribution in [3.8, 4) is 0 Å². The number of piperidine rings is 1. The summed E-state index contributed by atoms with van der Waals surface area (Å²) in [5, 5.41) is 1.60. The Labute approximate surface area is 189 Å². The SMILES string of the molecule is Clc1ccc(N2c3ccc(Cl)cc3[C@@H]3CN(CCCc4ccccc4)CC[C@H]32)cc1. The quantitative estimate of drug-likeness (QED) is 0.427. The summed E-state index contributed by atoms with van der Waals surface area (Å²) in [6.07, 6.45) is 3.50. The van der Waals surface area contributed by atoms with Crippen LogP contribution in [-0.4, -0.2) is 30.6 Å². The van der Waals surface area contributed by atoms with Crippen molar-refractivity contribution in [3.63, 3.8) is 0 Å². The second kappa shape index (κ2) is 8.63. The molecule has 154 valence electrons. The van der Waals surface area contributed by atoms with E-state index in [0.29, 0.717) is 12.0 Å². The predicted molar refractivity (Wildman–Crippen MR) is 127 cm³/mol. The van der Waals surface area contributed by atoms with E-state index in [2.05, 4.69) is 64.4 Å². The number of hydrogen-bond donors (Lipinski definition) is 0. The van der Waals surface area contributed by atoms with E-state index in [0.717, 1.165) is 42.5 Å². The van der Waals surface area contributed by atoms with Gasteiger partial charge in [0.1, 0.15) is 0 Å². The number of anilines is 2. The van der Waals surface area contributed by atoms with Crippen LogP contribution in [0.3, 0.4) is 0 Å². The second-order valence-electron chi connectivity index (χ2n) is 8.40. The first-order valence-corrected chi connectivity index (χ1v) is 11.6. The number of hydrogen-bond acceptors (Lipinski definition) is 2. The van der Waals surface area contributed by atoms with Gasteiger partial charge in [-0.15, -0.1) is 0 Å². The number of halogens is 2. The summed E-state index contributed by atoms with van der Waals surface area (Å²) in [7, 11) is 0. The summed E-state index contributed by atoms with van der Waals surface area (Å²) in [5.74, 6) is 0.486. The van der Waals surface area contributed by atoms with E-state index in [1.165, 1.54) is 28.9 Å². The monoisotopic (exact) mass is 436 g/mol. The molecule has 3 aromatic rings. The maximum Gasteiger partial charge on any atom is 0.0451 e. The van der Waals surface area contributed by atoms with Gasteiger partial charge in [0.2, 0.25) is 0 Å². The van der Waals surface area contributed by atoms with Crippen LogP contribution in [0.5, 0.6) is 0 Å². The maximum absolute atomic E-state index is 6.41. The van der Waals surface area contributed by atoms with Gasteiger partial charge in [0, 0.05) is 46.5 Å². The maximum atomic E-state index is 6.41. The first-order valence-electron chi connectivity index (χ1n) is 10.8. The summed E-state index contributed by atoms with van der Waals surface area (Å²) in [4.78, 5) is 5.15. The molecule has 1 fully saturated rings. The van der Waals surface area contributed by atoms with Crippen LogP contribution >= 0.6 is 23.2 Å². The van der Waals surface area contributed by atoms with Gasteiger partial charge in [-0.2, -0.15) is 0 Å². The van der Waals surface area contributed by atoms with E-state index in [1.807, 2.05) is 18.2 Å². The largest absolute Gasteiger partial charge is 0.337 e. The number of aryl methyl sites for hydroxylation is 1. The zero-order chi connectivity index (χ0) is 20.5. The summed E-state index contributed by atoms with van der Waals surface area (Å²) < 4.78 is 0. The van der Waals surface area contributed by atoms with Crippen LogP contribution in [0.15, 0.2) is 72.8 Å². The third-order valence-electron chi connectivity index (χ3n) is 6.53. The highest BCUT2D eigenvalue weighted by Gasteiger charge is 2.42. The van der Waals surface area contributed by atoms with Crippen LogP contribution in [0.1, 0.15) is 29.9 Å². The van der Waals surface area contributed by atoms with E-state index in [4.69, 9.17) is 23.2 Å². The van der Waals surface area contributed by atoms with Gasteiger partial charge in [-0.25, -0.2) is 0 Å². The minimum absolute atomic E-state index is 0.477. The molecule has 0 bridgehead atoms. The second-order valence-corrected chi connectivity index (χ2v) is 9.27. The van der Waals surface area contributed by atoms with Crippen molar-refractivity contribution in [2.45, 2.75) is 31.2 Å². The Bertz CT molecular complexity index is 1000. The fourth-order valence-electron chi connectivity index (χ4n) is 5.13. The van der Waals surface area contributed by atoms with Gasteiger partial charge >= 0.3 is 0 Å². The van der Waals surface area contributed by atoms with E-state index < -0.39 is 0 Å². The Morgan fingerprint density at radius 2 is 1.63 bits per heavy atom. The molecule has 3 aromatic carbocycles. The molecule has 5 rings (SSSR count). The molecular weight excluding hydrogens is 411 g/mol. The van der Waals surface area contributed by atoms with Gasteiger partial charge in [-0.05, 0) is 79.4 Å². The Kier molecular flexibility index (Phi) is 5.73. The Hall–Kier alpha value is -2.00. The summed E-state index contributed by atoms with van der Waals surface area (Å²) in [6.45, 7) is 3.38. The average Bonchev–Trinajstić information content (AvgIpc) is 3.08. The summed E-state index contributed by atoms with van der Waals surface area (Å²) in [6, 6.07) is 25.9. The highest BCUT2D eigenvalue weighted by molar-refractivity contribution is 6.31. The van der Waals surface area contributed by atoms with E-state index in [-0.39, 0.29) is 0 Å². The summed E-state index contributed by atoms with van der Waals surface area (Å²) >= 11 is 12.6. The van der Waals surface area contributed by atoms with Gasteiger partial charge < -0.3 is 9.80 Å². The first kappa shape index (κ1) is 19.9. The molecule has 2 aliphatic rings. The first-order chi connectivity index (χ1) is 14.7. The predicted octanol–water partition coefficient (Wildman–Crippen LogP) is 6.94. The smallest absolute Gasteiger partial charge is 0.0451 e. The third-order valence-corrected chi connectivity index (χ3v) is 7.02. The standard InChI is InChI=1S/C26H26Cl2N2/c27-20-8-11-22(12-9-20)30-25-13-10-21(28)17-23(25)24-18-29(16-14-26(24)30)15-4-7-19-5-2-1-3-6-19/h1-3,5-6,8-13,17,24,26H,4,7,14-16,18H2/t24-,26+/m0/s1. The van der Waals surface area contributed by atoms with E-state index in [1.54, 1.807) is 0 Å². The van der Waals surface area contributed by atoms with Crippen LogP contribution in [0.25, 0.3) is 0 Å². The highest BCUT2D eigenvalue weighted by atomic mass is 35.5. The van der Waals surface area contributed by atoms with Gasteiger partial charge in [-0.1, -0.05) is 53.5 Å². The molecule has 2 atom stereocenters. The Morgan fingerprint density at radius 1 is 0.867 bits per heavy atom. The Balaban J connectivity index is 1.34. The van der Waals surface area contributed by atoms with Crippen LogP contribution < -0.4 is 4.90 Å². The van der Waals surface area contributed by atoms with Gasteiger partial charge in [0.25, 0.3) is 0 Å². The van der Waals surface area contributed by atoms with Gasteiger partial charge in [0.05, 0.1) is 0 Å². The van der Waals surface area contributed by atoms with Crippen molar-refractivity contribution < 1.29 is 0 Å². The van der Waals surface area contributed by atoms with Crippen LogP contribution in [-0.2, 0) is 6.42 Å². The zero-order valence-electron chi connectivity index (χ0n) is 17.0. The van der Waals surface area contributed by atoms with Gasteiger partial charge in [-0.3, -0.25) is 0 Å². The number of rotatable bonds is 5. The van der Waals surface area contributed by atoms with E-state index in [9.17, 15) is 0 Å². The van der Waals surface area contributed by atoms with E-state index >= 15 is 0 Å². The van der Waals surface area contributed by atoms with Crippen molar-refractivity contribution in [3.05, 3.63) is 94.0 Å². The molecule has 0 amide bonds. The molecule has 1 saturated heterocycles. The number of likely N-dealkylation sites (tertiary alicyclic amines) is 1. The van der Waals surface area contributed by atoms with Crippen molar-refractivity contribution in [2.24, 2.45) is 0 Å². The minimum Gasteiger partial charge on any atom is -0.337 e. The number of nitrogens with zero attached hydrogens (tertiary/aromatic N) is 2. The average molecular weight is 437 g/mol. The highest BCUT2D eigenvalue weighted by Crippen LogP contribution is 2.49. The lowest BCUT2D eigenvalue weighted by Crippen LogP contribution is -2.45. The fraction of sp³-hybridized carbons (Fsp3) is 0.308. The number of fused-ring (bicyclic) bond motifs is 3. The molecular formula is C26H26Cl2N2. The molecule has 0 radical (unpaired) electrons. The van der Waals surface area contributed by atoms with Gasteiger partial charge in [0.15, 0.2) is 0 Å². The van der Waals surface area contributed by atoms with Crippen LogP contribution in [0.4, 0.5) is 11.4 Å². The topological polar surface area (TPSA) is 6.48 Å². The lowest BCUT2D eigenvalue weighted by Gasteiger charge is -2.39.